The second kappa shape index (κ2) is 7.74. The van der Waals surface area contributed by atoms with Crippen LogP contribution in [0, 0.1) is 23.0 Å². The number of benzene rings is 1. The lowest BCUT2D eigenvalue weighted by Gasteiger charge is -2.14. The Bertz CT molecular complexity index is 421. The van der Waals surface area contributed by atoms with Crippen molar-refractivity contribution in [3.05, 3.63) is 33.9 Å². The maximum absolute atomic E-state index is 10.7. The normalized spacial score (nSPS) is 12.2. The molecule has 0 saturated carbocycles. The highest BCUT2D eigenvalue weighted by atomic mass is 16.6. The molecule has 0 aromatic heterocycles. The van der Waals surface area contributed by atoms with Crippen LogP contribution in [0.3, 0.4) is 0 Å². The van der Waals surface area contributed by atoms with Gasteiger partial charge in [0.1, 0.15) is 5.75 Å². The Labute approximate surface area is 114 Å². The van der Waals surface area contributed by atoms with Crippen LogP contribution in [0.5, 0.6) is 5.75 Å². The highest BCUT2D eigenvalue weighted by Crippen LogP contribution is 2.23. The van der Waals surface area contributed by atoms with Crippen molar-refractivity contribution in [1.29, 1.82) is 0 Å². The molecule has 0 fully saturated rings. The molecule has 5 nitrogen and oxygen atoms in total. The lowest BCUT2D eigenvalue weighted by Crippen LogP contribution is -2.25. The van der Waals surface area contributed by atoms with Gasteiger partial charge in [0.15, 0.2) is 0 Å². The van der Waals surface area contributed by atoms with Crippen LogP contribution in [0.2, 0.25) is 0 Å². The molecule has 0 amide bonds. The molecule has 0 aliphatic carbocycles. The first-order chi connectivity index (χ1) is 9.04. The van der Waals surface area contributed by atoms with E-state index in [9.17, 15) is 10.1 Å². The van der Waals surface area contributed by atoms with Crippen LogP contribution in [-0.4, -0.2) is 24.6 Å². The third kappa shape index (κ3) is 5.26. The summed E-state index contributed by atoms with van der Waals surface area (Å²) in [4.78, 5) is 10.3. The molecule has 1 unspecified atom stereocenters. The van der Waals surface area contributed by atoms with Crippen LogP contribution in [0.1, 0.15) is 25.8 Å². The molecule has 0 aliphatic heterocycles. The Morgan fingerprint density at radius 2 is 2.21 bits per heavy atom. The van der Waals surface area contributed by atoms with Crippen molar-refractivity contribution in [2.45, 2.75) is 27.2 Å². The number of nitrogens with one attached hydrogen (secondary N) is 1. The van der Waals surface area contributed by atoms with E-state index in [1.807, 2.05) is 0 Å². The summed E-state index contributed by atoms with van der Waals surface area (Å²) in [5, 5.41) is 14.0. The SMILES string of the molecule is CCCNCC(C)COc1ccc([N+](=O)[O-])c(C)c1. The Balaban J connectivity index is 2.45. The summed E-state index contributed by atoms with van der Waals surface area (Å²) in [6.07, 6.45) is 1.12. The number of hydrogen-bond donors (Lipinski definition) is 1. The summed E-state index contributed by atoms with van der Waals surface area (Å²) < 4.78 is 5.65. The molecular weight excluding hydrogens is 244 g/mol. The predicted molar refractivity (Wildman–Crippen MR) is 75.7 cm³/mol. The van der Waals surface area contributed by atoms with E-state index in [0.717, 1.165) is 19.5 Å². The number of rotatable bonds is 8. The Morgan fingerprint density at radius 1 is 1.47 bits per heavy atom. The molecule has 0 radical (unpaired) electrons. The highest BCUT2D eigenvalue weighted by molar-refractivity contribution is 5.44. The quantitative estimate of drug-likeness (QED) is 0.446. The lowest BCUT2D eigenvalue weighted by molar-refractivity contribution is -0.385. The molecule has 0 bridgehead atoms. The molecule has 0 aliphatic rings. The molecular formula is C14H22N2O3. The van der Waals surface area contributed by atoms with Crippen molar-refractivity contribution in [3.63, 3.8) is 0 Å². The average Bonchev–Trinajstić information content (AvgIpc) is 2.36. The molecule has 0 spiro atoms. The summed E-state index contributed by atoms with van der Waals surface area (Å²) in [7, 11) is 0. The molecule has 5 heteroatoms. The van der Waals surface area contributed by atoms with E-state index in [0.29, 0.717) is 23.8 Å². The topological polar surface area (TPSA) is 64.4 Å². The largest absolute Gasteiger partial charge is 0.493 e. The van der Waals surface area contributed by atoms with Crippen LogP contribution < -0.4 is 10.1 Å². The van der Waals surface area contributed by atoms with Gasteiger partial charge in [0.25, 0.3) is 5.69 Å². The van der Waals surface area contributed by atoms with Crippen molar-refractivity contribution < 1.29 is 9.66 Å². The third-order valence-corrected chi connectivity index (χ3v) is 2.82. The first-order valence-corrected chi connectivity index (χ1v) is 6.63. The summed E-state index contributed by atoms with van der Waals surface area (Å²) in [6.45, 7) is 8.50. The number of aryl methyl sites for hydroxylation is 1. The minimum atomic E-state index is -0.379. The van der Waals surface area contributed by atoms with E-state index >= 15 is 0 Å². The summed E-state index contributed by atoms with van der Waals surface area (Å²) >= 11 is 0. The van der Waals surface area contributed by atoms with Crippen molar-refractivity contribution in [2.24, 2.45) is 5.92 Å². The highest BCUT2D eigenvalue weighted by Gasteiger charge is 2.11. The van der Waals surface area contributed by atoms with Crippen molar-refractivity contribution in [3.8, 4) is 5.75 Å². The zero-order chi connectivity index (χ0) is 14.3. The Hall–Kier alpha value is -1.62. The van der Waals surface area contributed by atoms with E-state index in [1.165, 1.54) is 6.07 Å². The Morgan fingerprint density at radius 3 is 2.79 bits per heavy atom. The monoisotopic (exact) mass is 266 g/mol. The first kappa shape index (κ1) is 15.4. The molecule has 1 aromatic carbocycles. The van der Waals surface area contributed by atoms with Gasteiger partial charge in [-0.3, -0.25) is 10.1 Å². The molecule has 1 rings (SSSR count). The van der Waals surface area contributed by atoms with Gasteiger partial charge in [-0.25, -0.2) is 0 Å². The third-order valence-electron chi connectivity index (χ3n) is 2.82. The van der Waals surface area contributed by atoms with Gasteiger partial charge in [-0.15, -0.1) is 0 Å². The Kier molecular flexibility index (Phi) is 6.29. The summed E-state index contributed by atoms with van der Waals surface area (Å²) in [5.41, 5.74) is 0.754. The maximum atomic E-state index is 10.7. The number of hydrogen-bond acceptors (Lipinski definition) is 4. The van der Waals surface area contributed by atoms with E-state index in [4.69, 9.17) is 4.74 Å². The van der Waals surface area contributed by atoms with Gasteiger partial charge >= 0.3 is 0 Å². The van der Waals surface area contributed by atoms with E-state index in [1.54, 1.807) is 19.1 Å². The predicted octanol–water partition coefficient (Wildman–Crippen LogP) is 2.92. The summed E-state index contributed by atoms with van der Waals surface area (Å²) in [5.74, 6) is 1.09. The van der Waals surface area contributed by atoms with Gasteiger partial charge < -0.3 is 10.1 Å². The van der Waals surface area contributed by atoms with Crippen molar-refractivity contribution in [2.75, 3.05) is 19.7 Å². The maximum Gasteiger partial charge on any atom is 0.272 e. The second-order valence-electron chi connectivity index (χ2n) is 4.83. The molecule has 0 heterocycles. The van der Waals surface area contributed by atoms with Gasteiger partial charge in [-0.1, -0.05) is 13.8 Å². The van der Waals surface area contributed by atoms with Crippen LogP contribution in [-0.2, 0) is 0 Å². The van der Waals surface area contributed by atoms with Crippen LogP contribution in [0.4, 0.5) is 5.69 Å². The second-order valence-corrected chi connectivity index (χ2v) is 4.83. The number of ether oxygens (including phenoxy) is 1. The van der Waals surface area contributed by atoms with Crippen LogP contribution >= 0.6 is 0 Å². The van der Waals surface area contributed by atoms with E-state index in [-0.39, 0.29) is 10.6 Å². The lowest BCUT2D eigenvalue weighted by atomic mass is 10.2. The fourth-order valence-electron chi connectivity index (χ4n) is 1.75. The molecule has 19 heavy (non-hydrogen) atoms. The van der Waals surface area contributed by atoms with E-state index < -0.39 is 0 Å². The number of nitro benzene ring substituents is 1. The van der Waals surface area contributed by atoms with Gasteiger partial charge in [-0.2, -0.15) is 0 Å². The average molecular weight is 266 g/mol. The number of nitro groups is 1. The van der Waals surface area contributed by atoms with Gasteiger partial charge in [0.05, 0.1) is 11.5 Å². The minimum Gasteiger partial charge on any atom is -0.493 e. The smallest absolute Gasteiger partial charge is 0.272 e. The first-order valence-electron chi connectivity index (χ1n) is 6.63. The molecule has 1 N–H and O–H groups in total. The molecule has 0 saturated heterocycles. The standard InChI is InChI=1S/C14H22N2O3/c1-4-7-15-9-11(2)10-19-13-5-6-14(16(17)18)12(3)8-13/h5-6,8,11,15H,4,7,9-10H2,1-3H3. The van der Waals surface area contributed by atoms with Gasteiger partial charge in [0.2, 0.25) is 0 Å². The van der Waals surface area contributed by atoms with Crippen molar-refractivity contribution >= 4 is 5.69 Å². The van der Waals surface area contributed by atoms with Crippen LogP contribution in [0.25, 0.3) is 0 Å². The molecule has 1 atom stereocenters. The van der Waals surface area contributed by atoms with E-state index in [2.05, 4.69) is 19.2 Å². The van der Waals surface area contributed by atoms with Gasteiger partial charge in [0, 0.05) is 24.1 Å². The minimum absolute atomic E-state index is 0.130. The van der Waals surface area contributed by atoms with Crippen LogP contribution in [0.15, 0.2) is 18.2 Å². The zero-order valence-corrected chi connectivity index (χ0v) is 11.8. The zero-order valence-electron chi connectivity index (χ0n) is 11.8. The fourth-order valence-corrected chi connectivity index (χ4v) is 1.75. The molecule has 106 valence electrons. The number of nitrogens with zero attached hydrogens (tertiary/aromatic N) is 1. The molecule has 1 aromatic rings. The van der Waals surface area contributed by atoms with Crippen molar-refractivity contribution in [1.82, 2.24) is 5.32 Å². The summed E-state index contributed by atoms with van der Waals surface area (Å²) in [6, 6.07) is 4.85. The fraction of sp³-hybridized carbons (Fsp3) is 0.571. The van der Waals surface area contributed by atoms with Gasteiger partial charge in [-0.05, 0) is 32.0 Å².